The van der Waals surface area contributed by atoms with E-state index in [0.717, 1.165) is 12.1 Å². The smallest absolute Gasteiger partial charge is 0.407 e. The fourth-order valence-corrected chi connectivity index (χ4v) is 1.89. The Morgan fingerprint density at radius 1 is 1.40 bits per heavy atom. The molecule has 1 aromatic rings. The van der Waals surface area contributed by atoms with Crippen LogP contribution in [0.25, 0.3) is 0 Å². The lowest BCUT2D eigenvalue weighted by molar-refractivity contribution is -0.385. The predicted molar refractivity (Wildman–Crippen MR) is 88.1 cm³/mol. The highest BCUT2D eigenvalue weighted by Crippen LogP contribution is 2.30. The third kappa shape index (κ3) is 6.92. The Hall–Kier alpha value is -2.42. The van der Waals surface area contributed by atoms with E-state index in [9.17, 15) is 19.3 Å². The Labute approximate surface area is 145 Å². The summed E-state index contributed by atoms with van der Waals surface area (Å²) in [5, 5.41) is 13.6. The molecule has 9 heteroatoms. The number of amides is 1. The van der Waals surface area contributed by atoms with Gasteiger partial charge in [0, 0.05) is 23.2 Å². The molecule has 1 aromatic carbocycles. The normalized spacial score (nSPS) is 12.4. The topological polar surface area (TPSA) is 99.9 Å². The van der Waals surface area contributed by atoms with Gasteiger partial charge in [-0.15, -0.1) is 0 Å². The summed E-state index contributed by atoms with van der Waals surface area (Å²) in [5.74, 6) is -0.844. The minimum absolute atomic E-state index is 0.0107. The van der Waals surface area contributed by atoms with Gasteiger partial charge in [-0.2, -0.15) is 0 Å². The second kappa shape index (κ2) is 8.61. The molecule has 0 heterocycles. The largest absolute Gasteiger partial charge is 0.490 e. The third-order valence-corrected chi connectivity index (χ3v) is 2.94. The van der Waals surface area contributed by atoms with Gasteiger partial charge in [-0.1, -0.05) is 0 Å². The lowest BCUT2D eigenvalue weighted by atomic mass is 10.1. The van der Waals surface area contributed by atoms with Gasteiger partial charge in [0.2, 0.25) is 0 Å². The molecule has 0 saturated carbocycles. The van der Waals surface area contributed by atoms with E-state index in [0.29, 0.717) is 0 Å². The number of halogens is 1. The standard InChI is InChI=1S/C16H23FN2O6/c1-10(25-15(20)18-16(2,3)4)8-24-9-11-6-13(19(21)22)14(23-5)7-12(11)17/h6-7,10H,8-9H2,1-5H3,(H,18,20)/t10-/m1/s1. The molecule has 1 N–H and O–H groups in total. The average Bonchev–Trinajstić information content (AvgIpc) is 2.45. The monoisotopic (exact) mass is 358 g/mol. The molecule has 0 radical (unpaired) electrons. The molecule has 1 amide bonds. The number of carbonyl (C=O) groups excluding carboxylic acids is 1. The van der Waals surface area contributed by atoms with Crippen LogP contribution < -0.4 is 10.1 Å². The summed E-state index contributed by atoms with van der Waals surface area (Å²) in [6, 6.07) is 2.00. The molecule has 1 atom stereocenters. The van der Waals surface area contributed by atoms with Crippen LogP contribution in [0.3, 0.4) is 0 Å². The number of ether oxygens (including phenoxy) is 3. The Bertz CT molecular complexity index is 630. The van der Waals surface area contributed by atoms with E-state index < -0.39 is 28.5 Å². The zero-order valence-corrected chi connectivity index (χ0v) is 14.9. The molecule has 0 aromatic heterocycles. The van der Waals surface area contributed by atoms with Gasteiger partial charge in [-0.25, -0.2) is 9.18 Å². The highest BCUT2D eigenvalue weighted by atomic mass is 19.1. The van der Waals surface area contributed by atoms with Crippen molar-refractivity contribution in [3.05, 3.63) is 33.6 Å². The molecule has 0 fully saturated rings. The number of alkyl carbamates (subject to hydrolysis) is 1. The number of nitro benzene ring substituents is 1. The van der Waals surface area contributed by atoms with Crippen molar-refractivity contribution in [2.24, 2.45) is 0 Å². The summed E-state index contributed by atoms with van der Waals surface area (Å²) in [7, 11) is 1.22. The van der Waals surface area contributed by atoms with Crippen LogP contribution in [-0.4, -0.2) is 36.4 Å². The fourth-order valence-electron chi connectivity index (χ4n) is 1.89. The van der Waals surface area contributed by atoms with E-state index in [1.165, 1.54) is 7.11 Å². The number of benzene rings is 1. The maximum absolute atomic E-state index is 13.9. The first-order valence-corrected chi connectivity index (χ1v) is 7.61. The fraction of sp³-hybridized carbons (Fsp3) is 0.562. The first-order valence-electron chi connectivity index (χ1n) is 7.61. The van der Waals surface area contributed by atoms with Gasteiger partial charge in [0.15, 0.2) is 5.75 Å². The van der Waals surface area contributed by atoms with Crippen molar-refractivity contribution in [1.82, 2.24) is 5.32 Å². The van der Waals surface area contributed by atoms with Gasteiger partial charge >= 0.3 is 11.8 Å². The zero-order valence-electron chi connectivity index (χ0n) is 14.9. The van der Waals surface area contributed by atoms with Crippen LogP contribution in [0, 0.1) is 15.9 Å². The van der Waals surface area contributed by atoms with Crippen molar-refractivity contribution >= 4 is 11.8 Å². The lowest BCUT2D eigenvalue weighted by Gasteiger charge is -2.22. The number of carbonyl (C=O) groups is 1. The van der Waals surface area contributed by atoms with Gasteiger partial charge in [0.1, 0.15) is 11.9 Å². The third-order valence-electron chi connectivity index (χ3n) is 2.94. The number of nitrogens with zero attached hydrogens (tertiary/aromatic N) is 1. The lowest BCUT2D eigenvalue weighted by Crippen LogP contribution is -2.42. The van der Waals surface area contributed by atoms with Crippen molar-refractivity contribution in [2.75, 3.05) is 13.7 Å². The molecule has 0 bridgehead atoms. The molecule has 0 unspecified atom stereocenters. The van der Waals surface area contributed by atoms with E-state index in [-0.39, 0.29) is 30.2 Å². The van der Waals surface area contributed by atoms with Crippen molar-refractivity contribution in [3.63, 3.8) is 0 Å². The van der Waals surface area contributed by atoms with Crippen LogP contribution in [0.2, 0.25) is 0 Å². The molecule has 0 aliphatic rings. The van der Waals surface area contributed by atoms with Crippen LogP contribution in [0.1, 0.15) is 33.3 Å². The molecule has 25 heavy (non-hydrogen) atoms. The highest BCUT2D eigenvalue weighted by molar-refractivity contribution is 5.68. The van der Waals surface area contributed by atoms with E-state index in [1.807, 2.05) is 20.8 Å². The Morgan fingerprint density at radius 2 is 2.04 bits per heavy atom. The predicted octanol–water partition coefficient (Wildman–Crippen LogP) is 3.17. The van der Waals surface area contributed by atoms with Crippen molar-refractivity contribution in [2.45, 2.75) is 45.9 Å². The summed E-state index contributed by atoms with van der Waals surface area (Å²) < 4.78 is 29.1. The van der Waals surface area contributed by atoms with Gasteiger partial charge in [0.05, 0.1) is 25.2 Å². The molecular weight excluding hydrogens is 335 g/mol. The van der Waals surface area contributed by atoms with Crippen LogP contribution in [0.5, 0.6) is 5.75 Å². The highest BCUT2D eigenvalue weighted by Gasteiger charge is 2.20. The average molecular weight is 358 g/mol. The first kappa shape index (κ1) is 20.6. The Kier molecular flexibility index (Phi) is 7.10. The molecule has 8 nitrogen and oxygen atoms in total. The second-order valence-electron chi connectivity index (χ2n) is 6.48. The zero-order chi connectivity index (χ0) is 19.2. The molecular formula is C16H23FN2O6. The maximum atomic E-state index is 13.9. The number of nitrogens with one attached hydrogen (secondary N) is 1. The van der Waals surface area contributed by atoms with Crippen LogP contribution in [0.4, 0.5) is 14.9 Å². The minimum atomic E-state index is -0.679. The van der Waals surface area contributed by atoms with Gasteiger partial charge in [-0.3, -0.25) is 10.1 Å². The molecule has 1 rings (SSSR count). The van der Waals surface area contributed by atoms with E-state index in [2.05, 4.69) is 5.32 Å². The summed E-state index contributed by atoms with van der Waals surface area (Å²) in [6.07, 6.45) is -1.16. The Morgan fingerprint density at radius 3 is 2.56 bits per heavy atom. The second-order valence-corrected chi connectivity index (χ2v) is 6.48. The maximum Gasteiger partial charge on any atom is 0.407 e. The first-order chi connectivity index (χ1) is 11.5. The number of hydrogen-bond donors (Lipinski definition) is 1. The van der Waals surface area contributed by atoms with Crippen molar-refractivity contribution in [1.29, 1.82) is 0 Å². The van der Waals surface area contributed by atoms with E-state index in [4.69, 9.17) is 14.2 Å². The van der Waals surface area contributed by atoms with Gasteiger partial charge < -0.3 is 19.5 Å². The summed E-state index contributed by atoms with van der Waals surface area (Å²) in [4.78, 5) is 21.9. The van der Waals surface area contributed by atoms with Gasteiger partial charge in [0.25, 0.3) is 0 Å². The van der Waals surface area contributed by atoms with Crippen LogP contribution in [0.15, 0.2) is 12.1 Å². The van der Waals surface area contributed by atoms with Crippen LogP contribution in [-0.2, 0) is 16.1 Å². The van der Waals surface area contributed by atoms with Gasteiger partial charge in [-0.05, 0) is 27.7 Å². The van der Waals surface area contributed by atoms with Crippen LogP contribution >= 0.6 is 0 Å². The minimum Gasteiger partial charge on any atom is -0.490 e. The summed E-state index contributed by atoms with van der Waals surface area (Å²) >= 11 is 0. The van der Waals surface area contributed by atoms with Crippen molar-refractivity contribution in [3.8, 4) is 5.75 Å². The molecule has 140 valence electrons. The summed E-state index contributed by atoms with van der Waals surface area (Å²) in [6.45, 7) is 6.87. The number of methoxy groups -OCH3 is 1. The Balaban J connectivity index is 2.60. The van der Waals surface area contributed by atoms with E-state index >= 15 is 0 Å². The molecule has 0 saturated heterocycles. The molecule has 0 spiro atoms. The van der Waals surface area contributed by atoms with Crippen molar-refractivity contribution < 1.29 is 28.3 Å². The summed E-state index contributed by atoms with van der Waals surface area (Å²) in [5.41, 5.74) is -0.766. The quantitative estimate of drug-likeness (QED) is 0.593. The SMILES string of the molecule is COc1cc(F)c(COC[C@@H](C)OC(=O)NC(C)(C)C)cc1[N+](=O)[O-]. The number of nitro groups is 1. The number of hydrogen-bond acceptors (Lipinski definition) is 6. The number of rotatable bonds is 7. The molecule has 0 aliphatic heterocycles. The molecule has 0 aliphatic carbocycles. The van der Waals surface area contributed by atoms with E-state index in [1.54, 1.807) is 6.92 Å².